The molecule has 5 heterocycles. The summed E-state index contributed by atoms with van der Waals surface area (Å²) in [5.41, 5.74) is 3.26. The molecule has 1 fully saturated rings. The molecule has 0 saturated carbocycles. The molecule has 0 radical (unpaired) electrons. The van der Waals surface area contributed by atoms with Crippen LogP contribution in [-0.4, -0.2) is 64.4 Å². The minimum Gasteiger partial charge on any atom is -0.488 e. The van der Waals surface area contributed by atoms with Gasteiger partial charge in [-0.2, -0.15) is 0 Å². The summed E-state index contributed by atoms with van der Waals surface area (Å²) in [4.78, 5) is 49.3. The van der Waals surface area contributed by atoms with E-state index in [0.717, 1.165) is 16.7 Å². The van der Waals surface area contributed by atoms with Gasteiger partial charge in [-0.05, 0) is 53.6 Å². The van der Waals surface area contributed by atoms with Crippen LogP contribution in [0.25, 0.3) is 11.1 Å². The molecule has 2 aromatic carbocycles. The second-order valence-corrected chi connectivity index (χ2v) is 10.2. The molecule has 10 nitrogen and oxygen atoms in total. The first-order valence-electron chi connectivity index (χ1n) is 13.7. The number of carbonyl (C=O) groups excluding carboxylic acids is 3. The van der Waals surface area contributed by atoms with Crippen molar-refractivity contribution in [3.63, 3.8) is 0 Å². The maximum atomic E-state index is 13.5. The van der Waals surface area contributed by atoms with Gasteiger partial charge in [-0.3, -0.25) is 24.4 Å². The Morgan fingerprint density at radius 2 is 1.74 bits per heavy atom. The molecule has 0 aliphatic carbocycles. The van der Waals surface area contributed by atoms with Crippen molar-refractivity contribution in [3.8, 4) is 22.6 Å². The summed E-state index contributed by atoms with van der Waals surface area (Å²) >= 11 is 0. The summed E-state index contributed by atoms with van der Waals surface area (Å²) in [6.45, 7) is 0.939. The second-order valence-electron chi connectivity index (χ2n) is 10.2. The van der Waals surface area contributed by atoms with Crippen molar-refractivity contribution in [2.75, 3.05) is 19.7 Å². The van der Waals surface area contributed by atoms with E-state index >= 15 is 0 Å². The predicted octanol–water partition coefficient (Wildman–Crippen LogP) is 3.24. The number of benzene rings is 2. The molecule has 1 saturated heterocycles. The van der Waals surface area contributed by atoms with Crippen LogP contribution >= 0.6 is 0 Å². The van der Waals surface area contributed by atoms with E-state index in [0.29, 0.717) is 42.1 Å². The summed E-state index contributed by atoms with van der Waals surface area (Å²) in [5, 5.41) is 5.97. The van der Waals surface area contributed by atoms with Gasteiger partial charge in [0.15, 0.2) is 6.61 Å². The fourth-order valence-corrected chi connectivity index (χ4v) is 5.07. The van der Waals surface area contributed by atoms with Gasteiger partial charge < -0.3 is 25.0 Å². The van der Waals surface area contributed by atoms with E-state index in [4.69, 9.17) is 9.47 Å². The topological polar surface area (TPSA) is 123 Å². The highest BCUT2D eigenvalue weighted by atomic mass is 16.5. The lowest BCUT2D eigenvalue weighted by Gasteiger charge is -2.39. The van der Waals surface area contributed by atoms with Crippen LogP contribution in [0.1, 0.15) is 32.7 Å². The Kier molecular flexibility index (Phi) is 7.76. The number of piperidine rings is 1. The van der Waals surface area contributed by atoms with Crippen LogP contribution in [0.15, 0.2) is 91.5 Å². The molecule has 10 heteroatoms. The molecule has 3 aliphatic heterocycles. The molecule has 2 N–H and O–H groups in total. The number of nitrogens with one attached hydrogen (secondary N) is 2. The summed E-state index contributed by atoms with van der Waals surface area (Å²) in [6.07, 6.45) is 6.47. The average Bonchev–Trinajstić information content (AvgIpc) is 3.04. The summed E-state index contributed by atoms with van der Waals surface area (Å²) in [5.74, 6) is 0.427. The van der Waals surface area contributed by atoms with Crippen LogP contribution in [0.4, 0.5) is 0 Å². The zero-order valence-electron chi connectivity index (χ0n) is 22.7. The number of hydrogen-bond acceptors (Lipinski definition) is 7. The van der Waals surface area contributed by atoms with Gasteiger partial charge in [0.25, 0.3) is 17.7 Å². The Labute approximate surface area is 242 Å². The normalized spacial score (nSPS) is 18.9. The monoisotopic (exact) mass is 563 g/mol. The first-order valence-corrected chi connectivity index (χ1v) is 13.7. The molecule has 2 atom stereocenters. The molecule has 0 spiro atoms. The van der Waals surface area contributed by atoms with Crippen molar-refractivity contribution < 1.29 is 23.9 Å². The molecule has 3 amide bonds. The first-order chi connectivity index (χ1) is 20.5. The van der Waals surface area contributed by atoms with Gasteiger partial charge in [-0.15, -0.1) is 0 Å². The van der Waals surface area contributed by atoms with Crippen LogP contribution in [0.2, 0.25) is 0 Å². The zero-order chi connectivity index (χ0) is 28.9. The number of fused-ring (bicyclic) bond motifs is 7. The van der Waals surface area contributed by atoms with Gasteiger partial charge in [0.1, 0.15) is 17.6 Å². The van der Waals surface area contributed by atoms with Crippen LogP contribution < -0.4 is 20.1 Å². The third-order valence-corrected chi connectivity index (χ3v) is 7.30. The molecule has 42 heavy (non-hydrogen) atoms. The highest BCUT2D eigenvalue weighted by molar-refractivity contribution is 5.96. The Bertz CT molecular complexity index is 1590. The number of ether oxygens (including phenoxy) is 2. The van der Waals surface area contributed by atoms with Crippen molar-refractivity contribution in [1.29, 1.82) is 0 Å². The molecule has 212 valence electrons. The largest absolute Gasteiger partial charge is 0.488 e. The summed E-state index contributed by atoms with van der Waals surface area (Å²) in [7, 11) is 0. The maximum absolute atomic E-state index is 13.5. The first kappa shape index (κ1) is 26.9. The minimum absolute atomic E-state index is 0.130. The van der Waals surface area contributed by atoms with Crippen molar-refractivity contribution in [2.45, 2.75) is 25.1 Å². The van der Waals surface area contributed by atoms with Crippen LogP contribution in [-0.2, 0) is 11.3 Å². The van der Waals surface area contributed by atoms with Gasteiger partial charge in [0, 0.05) is 56.4 Å². The van der Waals surface area contributed by atoms with E-state index in [1.807, 2.05) is 36.4 Å². The van der Waals surface area contributed by atoms with Gasteiger partial charge in [0.05, 0.1) is 17.2 Å². The number of aromatic nitrogens is 2. The van der Waals surface area contributed by atoms with E-state index in [1.54, 1.807) is 53.8 Å². The van der Waals surface area contributed by atoms with E-state index in [2.05, 4.69) is 20.6 Å². The predicted molar refractivity (Wildman–Crippen MR) is 154 cm³/mol. The average molecular weight is 564 g/mol. The highest BCUT2D eigenvalue weighted by Gasteiger charge is 2.35. The zero-order valence-corrected chi connectivity index (χ0v) is 22.7. The lowest BCUT2D eigenvalue weighted by atomic mass is 10.00. The van der Waals surface area contributed by atoms with Gasteiger partial charge in [-0.1, -0.05) is 24.3 Å². The van der Waals surface area contributed by atoms with E-state index in [-0.39, 0.29) is 37.0 Å². The lowest BCUT2D eigenvalue weighted by molar-refractivity contribution is -0.123. The molecule has 6 bridgehead atoms. The molecular formula is C32H29N5O5. The van der Waals surface area contributed by atoms with Gasteiger partial charge in [0.2, 0.25) is 0 Å². The quantitative estimate of drug-likeness (QED) is 0.365. The molecule has 4 aromatic rings. The molecule has 2 aromatic heterocycles. The van der Waals surface area contributed by atoms with Gasteiger partial charge >= 0.3 is 0 Å². The fourth-order valence-electron chi connectivity index (χ4n) is 5.07. The standard InChI is InChI=1S/C32H29N5O5/c38-30-20-41-27-5-1-3-22(14-27)24-13-25(18-34-17-24)31(39)36-28-19-37(32(40)23-4-2-11-33-16-23)12-10-29(28)42-26-8-6-21(7-9-26)15-35-30/h1-9,11,13-14,16-18,28-29H,10,12,15,19-20H2,(H,35,38)(H,36,39)/t28-,29+/m1/s1. The third-order valence-electron chi connectivity index (χ3n) is 7.30. The Hall–Kier alpha value is -5.25. The number of likely N-dealkylation sites (tertiary alicyclic amines) is 1. The fraction of sp³-hybridized carbons (Fsp3) is 0.219. The number of rotatable bonds is 1. The van der Waals surface area contributed by atoms with Crippen molar-refractivity contribution in [2.24, 2.45) is 0 Å². The third kappa shape index (κ3) is 6.22. The summed E-state index contributed by atoms with van der Waals surface area (Å²) in [6, 6.07) is 19.4. The summed E-state index contributed by atoms with van der Waals surface area (Å²) < 4.78 is 12.1. The van der Waals surface area contributed by atoms with Crippen molar-refractivity contribution in [3.05, 3.63) is 108 Å². The van der Waals surface area contributed by atoms with Gasteiger partial charge in [-0.25, -0.2) is 0 Å². The number of amides is 3. The number of nitrogens with zero attached hydrogens (tertiary/aromatic N) is 3. The molecule has 7 rings (SSSR count). The number of pyridine rings is 2. The van der Waals surface area contributed by atoms with Crippen LogP contribution in [0.5, 0.6) is 11.5 Å². The Balaban J connectivity index is 1.31. The number of hydrogen-bond donors (Lipinski definition) is 2. The van der Waals surface area contributed by atoms with Crippen LogP contribution in [0.3, 0.4) is 0 Å². The minimum atomic E-state index is -0.489. The van der Waals surface area contributed by atoms with Crippen molar-refractivity contribution >= 4 is 17.7 Å². The Morgan fingerprint density at radius 1 is 0.881 bits per heavy atom. The smallest absolute Gasteiger partial charge is 0.258 e. The van der Waals surface area contributed by atoms with E-state index in [9.17, 15) is 14.4 Å². The highest BCUT2D eigenvalue weighted by Crippen LogP contribution is 2.25. The Morgan fingerprint density at radius 3 is 2.57 bits per heavy atom. The number of carbonyl (C=O) groups is 3. The van der Waals surface area contributed by atoms with E-state index < -0.39 is 6.04 Å². The van der Waals surface area contributed by atoms with Crippen LogP contribution in [0, 0.1) is 0 Å². The second kappa shape index (κ2) is 12.1. The lowest BCUT2D eigenvalue weighted by Crippen LogP contribution is -2.58. The maximum Gasteiger partial charge on any atom is 0.258 e. The SMILES string of the molecule is O=C1COc2cccc(c2)-c2cncc(c2)C(=O)N[C@@H]2CN(C(=O)c3cccnc3)CC[C@@H]2Oc2ccc(cc2)CN1. The van der Waals surface area contributed by atoms with Crippen molar-refractivity contribution in [1.82, 2.24) is 25.5 Å². The molecule has 0 unspecified atom stereocenters. The van der Waals surface area contributed by atoms with E-state index in [1.165, 1.54) is 6.20 Å². The molecule has 3 aliphatic rings. The molecular weight excluding hydrogens is 534 g/mol.